The Kier molecular flexibility index (Phi) is 6.04. The van der Waals surface area contributed by atoms with Crippen molar-refractivity contribution in [3.8, 4) is 11.5 Å². The molecule has 0 amide bonds. The summed E-state index contributed by atoms with van der Waals surface area (Å²) in [5.74, 6) is 1.53. The quantitative estimate of drug-likeness (QED) is 0.531. The van der Waals surface area contributed by atoms with Crippen LogP contribution in [-0.2, 0) is 29.4 Å². The number of nitrogens with zero attached hydrogens (tertiary/aromatic N) is 2. The van der Waals surface area contributed by atoms with E-state index in [-0.39, 0.29) is 12.3 Å². The highest BCUT2D eigenvalue weighted by atomic mass is 32.2. The van der Waals surface area contributed by atoms with E-state index in [0.29, 0.717) is 11.4 Å². The number of hydrogen-bond donors (Lipinski definition) is 0. The van der Waals surface area contributed by atoms with Crippen molar-refractivity contribution in [1.82, 2.24) is 4.98 Å². The van der Waals surface area contributed by atoms with Crippen molar-refractivity contribution in [2.24, 2.45) is 0 Å². The maximum Gasteiger partial charge on any atom is 0.235 e. The van der Waals surface area contributed by atoms with Crippen molar-refractivity contribution >= 4 is 15.7 Å². The molecule has 1 aliphatic rings. The van der Waals surface area contributed by atoms with E-state index in [9.17, 15) is 8.42 Å². The van der Waals surface area contributed by atoms with Gasteiger partial charge in [-0.25, -0.2) is 8.42 Å². The number of aromatic nitrogens is 1. The minimum absolute atomic E-state index is 0.0284. The second kappa shape index (κ2) is 8.88. The minimum Gasteiger partial charge on any atom is -0.457 e. The Balaban J connectivity index is 1.54. The Bertz CT molecular complexity index is 1100. The second-order valence-electron chi connectivity index (χ2n) is 7.50. The van der Waals surface area contributed by atoms with Crippen LogP contribution in [0.5, 0.6) is 11.5 Å². The molecule has 2 aromatic carbocycles. The van der Waals surface area contributed by atoms with Gasteiger partial charge in [0.25, 0.3) is 0 Å². The summed E-state index contributed by atoms with van der Waals surface area (Å²) in [7, 11) is -3.43. The molecule has 0 N–H and O–H groups in total. The fourth-order valence-electron chi connectivity index (χ4n) is 3.75. The molecule has 1 aromatic heterocycles. The molecular weight excluding hydrogens is 396 g/mol. The zero-order valence-electron chi connectivity index (χ0n) is 17.1. The van der Waals surface area contributed by atoms with Gasteiger partial charge in [0.05, 0.1) is 18.0 Å². The van der Waals surface area contributed by atoms with Crippen molar-refractivity contribution in [3.05, 3.63) is 83.7 Å². The minimum atomic E-state index is -3.43. The molecule has 0 radical (unpaired) electrons. The van der Waals surface area contributed by atoms with E-state index in [0.717, 1.165) is 24.2 Å². The third-order valence-electron chi connectivity index (χ3n) is 5.43. The molecule has 30 heavy (non-hydrogen) atoms. The molecular formula is C24H26N2O3S. The number of aryl methyl sites for hydroxylation is 2. The lowest BCUT2D eigenvalue weighted by Gasteiger charge is -2.24. The first-order valence-corrected chi connectivity index (χ1v) is 11.9. The van der Waals surface area contributed by atoms with E-state index in [2.05, 4.69) is 17.1 Å². The fraction of sp³-hybridized carbons (Fsp3) is 0.292. The summed E-state index contributed by atoms with van der Waals surface area (Å²) in [6.45, 7) is 1.90. The number of benzene rings is 2. The van der Waals surface area contributed by atoms with E-state index >= 15 is 0 Å². The van der Waals surface area contributed by atoms with Crippen LogP contribution >= 0.6 is 0 Å². The fourth-order valence-corrected chi connectivity index (χ4v) is 4.85. The van der Waals surface area contributed by atoms with Crippen LogP contribution in [0.3, 0.4) is 0 Å². The summed E-state index contributed by atoms with van der Waals surface area (Å²) in [6, 6.07) is 17.2. The summed E-state index contributed by atoms with van der Waals surface area (Å²) in [6.07, 6.45) is 8.09. The summed E-state index contributed by atoms with van der Waals surface area (Å²) in [5, 5.41) is 0. The van der Waals surface area contributed by atoms with Crippen LogP contribution < -0.4 is 9.04 Å². The molecule has 156 valence electrons. The number of anilines is 1. The second-order valence-corrected chi connectivity index (χ2v) is 9.68. The smallest absolute Gasteiger partial charge is 0.235 e. The maximum absolute atomic E-state index is 12.7. The van der Waals surface area contributed by atoms with Crippen LogP contribution in [-0.4, -0.2) is 19.2 Å². The van der Waals surface area contributed by atoms with Gasteiger partial charge in [-0.05, 0) is 91.8 Å². The summed E-state index contributed by atoms with van der Waals surface area (Å²) >= 11 is 0. The van der Waals surface area contributed by atoms with Crippen LogP contribution in [0, 0.1) is 0 Å². The van der Waals surface area contributed by atoms with Crippen molar-refractivity contribution in [2.45, 2.75) is 39.2 Å². The van der Waals surface area contributed by atoms with Crippen LogP contribution in [0.1, 0.15) is 36.5 Å². The van der Waals surface area contributed by atoms with Gasteiger partial charge < -0.3 is 4.74 Å². The first-order valence-electron chi connectivity index (χ1n) is 10.3. The molecule has 0 bridgehead atoms. The van der Waals surface area contributed by atoms with Crippen LogP contribution in [0.25, 0.3) is 0 Å². The highest BCUT2D eigenvalue weighted by Crippen LogP contribution is 2.30. The van der Waals surface area contributed by atoms with Gasteiger partial charge in [0, 0.05) is 12.4 Å². The van der Waals surface area contributed by atoms with Gasteiger partial charge >= 0.3 is 0 Å². The van der Waals surface area contributed by atoms with Crippen LogP contribution in [0.15, 0.2) is 67.0 Å². The van der Waals surface area contributed by atoms with Crippen molar-refractivity contribution in [3.63, 3.8) is 0 Å². The molecule has 0 aliphatic heterocycles. The van der Waals surface area contributed by atoms with Gasteiger partial charge in [-0.3, -0.25) is 9.29 Å². The van der Waals surface area contributed by atoms with Gasteiger partial charge in [0.2, 0.25) is 10.0 Å². The zero-order chi connectivity index (χ0) is 21.0. The SMILES string of the molecule is CCS(=O)(=O)N(Cc1cccnc1)c1ccc(Oc2ccc3c(c2)CCCC3)cc1. The summed E-state index contributed by atoms with van der Waals surface area (Å²) < 4.78 is 32.8. The Labute approximate surface area is 178 Å². The number of hydrogen-bond acceptors (Lipinski definition) is 4. The molecule has 4 rings (SSSR count). The predicted octanol–water partition coefficient (Wildman–Crippen LogP) is 5.11. The molecule has 5 nitrogen and oxygen atoms in total. The molecule has 6 heteroatoms. The van der Waals surface area contributed by atoms with Gasteiger partial charge in [-0.15, -0.1) is 0 Å². The topological polar surface area (TPSA) is 59.5 Å². The van der Waals surface area contributed by atoms with E-state index in [1.807, 2.05) is 30.3 Å². The van der Waals surface area contributed by atoms with Gasteiger partial charge in [-0.2, -0.15) is 0 Å². The highest BCUT2D eigenvalue weighted by molar-refractivity contribution is 7.92. The maximum atomic E-state index is 12.7. The van der Waals surface area contributed by atoms with Crippen LogP contribution in [0.2, 0.25) is 0 Å². The number of rotatable bonds is 7. The predicted molar refractivity (Wildman–Crippen MR) is 119 cm³/mol. The van der Waals surface area contributed by atoms with E-state index < -0.39 is 10.0 Å². The average molecular weight is 423 g/mol. The monoisotopic (exact) mass is 422 g/mol. The van der Waals surface area contributed by atoms with Gasteiger partial charge in [0.1, 0.15) is 11.5 Å². The number of fused-ring (bicyclic) bond motifs is 1. The van der Waals surface area contributed by atoms with Crippen molar-refractivity contribution in [1.29, 1.82) is 0 Å². The Morgan fingerprint density at radius 3 is 2.40 bits per heavy atom. The average Bonchev–Trinajstić information content (AvgIpc) is 2.79. The summed E-state index contributed by atoms with van der Waals surface area (Å²) in [4.78, 5) is 4.09. The molecule has 3 aromatic rings. The lowest BCUT2D eigenvalue weighted by atomic mass is 9.92. The van der Waals surface area contributed by atoms with E-state index in [1.54, 1.807) is 31.5 Å². The third kappa shape index (κ3) is 4.65. The number of pyridine rings is 1. The Morgan fingerprint density at radius 1 is 0.967 bits per heavy atom. The number of ether oxygens (including phenoxy) is 1. The molecule has 0 spiro atoms. The number of sulfonamides is 1. The highest BCUT2D eigenvalue weighted by Gasteiger charge is 2.21. The lowest BCUT2D eigenvalue weighted by Crippen LogP contribution is -2.31. The standard InChI is InChI=1S/C24H26N2O3S/c1-2-30(27,28)26(18-19-6-5-15-25-17-19)22-10-13-23(14-11-22)29-24-12-9-20-7-3-4-8-21(20)16-24/h5-6,9-17H,2-4,7-8,18H2,1H3. The van der Waals surface area contributed by atoms with E-state index in [4.69, 9.17) is 4.74 Å². The largest absolute Gasteiger partial charge is 0.457 e. The normalized spacial score (nSPS) is 13.5. The van der Waals surface area contributed by atoms with Gasteiger partial charge in [-0.1, -0.05) is 12.1 Å². The Morgan fingerprint density at radius 2 is 1.70 bits per heavy atom. The van der Waals surface area contributed by atoms with Gasteiger partial charge in [0.15, 0.2) is 0 Å². The molecule has 1 heterocycles. The third-order valence-corrected chi connectivity index (χ3v) is 7.17. The molecule has 0 fully saturated rings. The molecule has 0 saturated heterocycles. The molecule has 0 unspecified atom stereocenters. The first kappa shape index (κ1) is 20.4. The van der Waals surface area contributed by atoms with Crippen molar-refractivity contribution in [2.75, 3.05) is 10.1 Å². The van der Waals surface area contributed by atoms with Crippen molar-refractivity contribution < 1.29 is 13.2 Å². The molecule has 1 aliphatic carbocycles. The molecule has 0 atom stereocenters. The molecule has 0 saturated carbocycles. The Hall–Kier alpha value is -2.86. The van der Waals surface area contributed by atoms with Crippen LogP contribution in [0.4, 0.5) is 5.69 Å². The zero-order valence-corrected chi connectivity index (χ0v) is 17.9. The van der Waals surface area contributed by atoms with E-state index in [1.165, 1.54) is 28.3 Å². The lowest BCUT2D eigenvalue weighted by molar-refractivity contribution is 0.480. The summed E-state index contributed by atoms with van der Waals surface area (Å²) in [5.41, 5.74) is 4.23. The first-order chi connectivity index (χ1) is 14.5.